The molecular formula is C40H43N5O7. The number of carbonyl (C=O) groups excluding carboxylic acids is 2. The minimum Gasteiger partial charge on any atom is -0.506 e. The van der Waals surface area contributed by atoms with Crippen LogP contribution in [0.5, 0.6) is 11.5 Å². The number of likely N-dealkylation sites (tertiary alicyclic amines) is 1. The summed E-state index contributed by atoms with van der Waals surface area (Å²) in [5.41, 5.74) is 4.42. The largest absolute Gasteiger partial charge is 0.506 e. The standard InChI is InChI=1S/C40H43N5O7/c1-51-36-23-27(11-12-28(36)24-41-25-35(47)31-13-15-34(46)38-32(31)14-16-37(48)44-38)39(49)42-19-22-45-20-17-29(18-21-45)52-40(50)43-33-10-6-5-9-30(33)26-7-3-2-4-8-26/h2-16,23,29,35,41,46-47H,17-22,24-25H2,1H3,(H,42,49)(H,43,50)(H,44,48)/t35-/m0/s1. The molecule has 2 amide bonds. The number of benzene rings is 4. The highest BCUT2D eigenvalue weighted by Crippen LogP contribution is 2.30. The van der Waals surface area contributed by atoms with Gasteiger partial charge in [-0.3, -0.25) is 14.9 Å². The number of aromatic amines is 1. The summed E-state index contributed by atoms with van der Waals surface area (Å²) in [5.74, 6) is 0.258. The monoisotopic (exact) mass is 705 g/mol. The van der Waals surface area contributed by atoms with E-state index in [2.05, 4.69) is 25.8 Å². The molecule has 0 spiro atoms. The normalized spacial score (nSPS) is 14.1. The Morgan fingerprint density at radius 1 is 0.962 bits per heavy atom. The van der Waals surface area contributed by atoms with Crippen LogP contribution in [0, 0.1) is 0 Å². The minimum atomic E-state index is -0.906. The second-order valence-corrected chi connectivity index (χ2v) is 12.7. The number of para-hydroxylation sites is 1. The van der Waals surface area contributed by atoms with Crippen LogP contribution in [0.1, 0.15) is 40.4 Å². The number of hydrogen-bond acceptors (Lipinski definition) is 9. The third kappa shape index (κ3) is 8.96. The van der Waals surface area contributed by atoms with Gasteiger partial charge in [-0.1, -0.05) is 60.7 Å². The van der Waals surface area contributed by atoms with Gasteiger partial charge in [-0.2, -0.15) is 0 Å². The molecule has 0 aliphatic carbocycles. The fraction of sp³-hybridized carbons (Fsp3) is 0.275. The smallest absolute Gasteiger partial charge is 0.411 e. The van der Waals surface area contributed by atoms with Gasteiger partial charge in [-0.25, -0.2) is 4.79 Å². The van der Waals surface area contributed by atoms with Crippen LogP contribution in [-0.2, 0) is 11.3 Å². The first-order valence-corrected chi connectivity index (χ1v) is 17.3. The van der Waals surface area contributed by atoms with Crippen LogP contribution in [0.2, 0.25) is 0 Å². The number of aliphatic hydroxyl groups excluding tert-OH is 1. The van der Waals surface area contributed by atoms with E-state index in [9.17, 15) is 24.6 Å². The van der Waals surface area contributed by atoms with Gasteiger partial charge in [0, 0.05) is 67.4 Å². The van der Waals surface area contributed by atoms with E-state index in [0.29, 0.717) is 60.4 Å². The molecule has 2 heterocycles. The van der Waals surface area contributed by atoms with Crippen molar-refractivity contribution >= 4 is 28.6 Å². The van der Waals surface area contributed by atoms with Crippen molar-refractivity contribution in [3.05, 3.63) is 124 Å². The number of phenols is 1. The molecule has 4 aromatic carbocycles. The molecule has 0 bridgehead atoms. The third-order valence-corrected chi connectivity index (χ3v) is 9.24. The topological polar surface area (TPSA) is 165 Å². The number of phenolic OH excluding ortho intramolecular Hbond substituents is 1. The number of aliphatic hydroxyl groups is 1. The Labute approximate surface area is 301 Å². The van der Waals surface area contributed by atoms with Crippen molar-refractivity contribution in [1.29, 1.82) is 0 Å². The van der Waals surface area contributed by atoms with Gasteiger partial charge in [0.1, 0.15) is 17.6 Å². The number of pyridine rings is 1. The molecule has 12 nitrogen and oxygen atoms in total. The van der Waals surface area contributed by atoms with Crippen molar-refractivity contribution in [3.8, 4) is 22.6 Å². The number of nitrogens with zero attached hydrogens (tertiary/aromatic N) is 1. The summed E-state index contributed by atoms with van der Waals surface area (Å²) >= 11 is 0. The van der Waals surface area contributed by atoms with Gasteiger partial charge in [0.25, 0.3) is 5.91 Å². The molecular weight excluding hydrogens is 662 g/mol. The lowest BCUT2D eigenvalue weighted by molar-refractivity contribution is 0.0587. The molecule has 1 aliphatic rings. The maximum atomic E-state index is 13.0. The van der Waals surface area contributed by atoms with Crippen LogP contribution in [-0.4, -0.2) is 78.0 Å². The van der Waals surface area contributed by atoms with E-state index in [0.717, 1.165) is 29.8 Å². The van der Waals surface area contributed by atoms with E-state index in [1.165, 1.54) is 12.1 Å². The van der Waals surface area contributed by atoms with E-state index in [1.54, 1.807) is 31.4 Å². The van der Waals surface area contributed by atoms with Crippen molar-refractivity contribution < 1.29 is 29.3 Å². The highest BCUT2D eigenvalue weighted by molar-refractivity contribution is 5.95. The molecule has 1 fully saturated rings. The number of anilines is 1. The first-order valence-electron chi connectivity index (χ1n) is 17.3. The average Bonchev–Trinajstić information content (AvgIpc) is 3.16. The zero-order valence-corrected chi connectivity index (χ0v) is 28.9. The van der Waals surface area contributed by atoms with Gasteiger partial charge in [-0.05, 0) is 54.3 Å². The van der Waals surface area contributed by atoms with Gasteiger partial charge in [0.05, 0.1) is 24.4 Å². The molecule has 0 radical (unpaired) electrons. The molecule has 1 aromatic heterocycles. The van der Waals surface area contributed by atoms with Crippen molar-refractivity contribution in [3.63, 3.8) is 0 Å². The molecule has 0 unspecified atom stereocenters. The van der Waals surface area contributed by atoms with Gasteiger partial charge in [-0.15, -0.1) is 0 Å². The summed E-state index contributed by atoms with van der Waals surface area (Å²) in [5, 5.41) is 30.7. The van der Waals surface area contributed by atoms with Crippen LogP contribution >= 0.6 is 0 Å². The summed E-state index contributed by atoms with van der Waals surface area (Å²) in [6.07, 6.45) is -0.143. The maximum Gasteiger partial charge on any atom is 0.411 e. The molecule has 6 N–H and O–H groups in total. The molecule has 6 rings (SSSR count). The Kier molecular flexibility index (Phi) is 11.8. The third-order valence-electron chi connectivity index (χ3n) is 9.24. The van der Waals surface area contributed by atoms with E-state index < -0.39 is 12.2 Å². The van der Waals surface area contributed by atoms with E-state index >= 15 is 0 Å². The average molecular weight is 706 g/mol. The van der Waals surface area contributed by atoms with E-state index in [4.69, 9.17) is 9.47 Å². The molecule has 12 heteroatoms. The summed E-state index contributed by atoms with van der Waals surface area (Å²) in [4.78, 5) is 42.3. The summed E-state index contributed by atoms with van der Waals surface area (Å²) in [7, 11) is 1.54. The number of aromatic hydroxyl groups is 1. The Morgan fingerprint density at radius 3 is 2.52 bits per heavy atom. The number of rotatable bonds is 13. The fourth-order valence-electron chi connectivity index (χ4n) is 6.47. The lowest BCUT2D eigenvalue weighted by atomic mass is 10.0. The zero-order valence-electron chi connectivity index (χ0n) is 28.9. The molecule has 270 valence electrons. The highest BCUT2D eigenvalue weighted by Gasteiger charge is 2.23. The fourth-order valence-corrected chi connectivity index (χ4v) is 6.47. The lowest BCUT2D eigenvalue weighted by Gasteiger charge is -2.31. The lowest BCUT2D eigenvalue weighted by Crippen LogP contribution is -2.42. The molecule has 5 aromatic rings. The minimum absolute atomic E-state index is 0.0686. The number of hydrogen-bond donors (Lipinski definition) is 6. The Bertz CT molecular complexity index is 2060. The van der Waals surface area contributed by atoms with Gasteiger partial charge >= 0.3 is 6.09 Å². The van der Waals surface area contributed by atoms with Crippen LogP contribution in [0.4, 0.5) is 10.5 Å². The predicted molar refractivity (Wildman–Crippen MR) is 200 cm³/mol. The second-order valence-electron chi connectivity index (χ2n) is 12.7. The maximum absolute atomic E-state index is 13.0. The zero-order chi connectivity index (χ0) is 36.5. The van der Waals surface area contributed by atoms with Crippen LogP contribution in [0.25, 0.3) is 22.0 Å². The number of methoxy groups -OCH3 is 1. The molecule has 1 saturated heterocycles. The molecule has 1 aliphatic heterocycles. The summed E-state index contributed by atoms with van der Waals surface area (Å²) in [6.45, 7) is 3.21. The predicted octanol–water partition coefficient (Wildman–Crippen LogP) is 5.18. The summed E-state index contributed by atoms with van der Waals surface area (Å²) in [6, 6.07) is 28.8. The number of carbonyl (C=O) groups is 2. The molecule has 52 heavy (non-hydrogen) atoms. The Hall–Kier alpha value is -5.69. The first kappa shape index (κ1) is 36.1. The number of H-pyrrole nitrogens is 1. The number of ether oxygens (including phenoxy) is 2. The van der Waals surface area contributed by atoms with Crippen molar-refractivity contribution in [1.82, 2.24) is 20.5 Å². The number of aromatic nitrogens is 1. The number of piperidine rings is 1. The molecule has 1 atom stereocenters. The Morgan fingerprint density at radius 2 is 1.73 bits per heavy atom. The van der Waals surface area contributed by atoms with E-state index in [1.807, 2.05) is 60.7 Å². The summed E-state index contributed by atoms with van der Waals surface area (Å²) < 4.78 is 11.3. The number of amides is 2. The van der Waals surface area contributed by atoms with Gasteiger partial charge < -0.3 is 40.2 Å². The SMILES string of the molecule is COc1cc(C(=O)NCCN2CCC(OC(=O)Nc3ccccc3-c3ccccc3)CC2)ccc1CNC[C@H](O)c1ccc(O)c2[nH]c(=O)ccc12. The van der Waals surface area contributed by atoms with E-state index in [-0.39, 0.29) is 35.4 Å². The highest BCUT2D eigenvalue weighted by atomic mass is 16.6. The number of nitrogens with one attached hydrogen (secondary N) is 4. The van der Waals surface area contributed by atoms with Crippen molar-refractivity contribution in [2.24, 2.45) is 0 Å². The quantitative estimate of drug-likeness (QED) is 0.0969. The van der Waals surface area contributed by atoms with Gasteiger partial charge in [0.15, 0.2) is 0 Å². The van der Waals surface area contributed by atoms with Crippen LogP contribution in [0.15, 0.2) is 102 Å². The van der Waals surface area contributed by atoms with Crippen molar-refractivity contribution in [2.75, 3.05) is 45.2 Å². The van der Waals surface area contributed by atoms with Gasteiger partial charge in [0.2, 0.25) is 5.56 Å². The Balaban J connectivity index is 0.922. The number of fused-ring (bicyclic) bond motifs is 1. The van der Waals surface area contributed by atoms with Crippen LogP contribution < -0.4 is 26.2 Å². The second kappa shape index (κ2) is 17.0. The van der Waals surface area contributed by atoms with Crippen molar-refractivity contribution in [2.45, 2.75) is 31.6 Å². The van der Waals surface area contributed by atoms with Crippen LogP contribution in [0.3, 0.4) is 0 Å². The first-order chi connectivity index (χ1) is 25.3. The molecule has 0 saturated carbocycles.